The zero-order chi connectivity index (χ0) is 19.7. The Balaban J connectivity index is 2.06. The smallest absolute Gasteiger partial charge is 0.335 e. The Labute approximate surface area is 163 Å². The second-order valence-electron chi connectivity index (χ2n) is 5.49. The van der Waals surface area contributed by atoms with Crippen molar-refractivity contribution in [3.8, 4) is 11.5 Å². The number of benzene rings is 2. The van der Waals surface area contributed by atoms with Crippen LogP contribution in [0.1, 0.15) is 5.56 Å². The van der Waals surface area contributed by atoms with Gasteiger partial charge in [0.15, 0.2) is 11.5 Å². The van der Waals surface area contributed by atoms with Crippen LogP contribution in [-0.4, -0.2) is 30.1 Å². The minimum absolute atomic E-state index is 0.0207. The molecular weight excluding hydrogens is 395 g/mol. The van der Waals surface area contributed by atoms with Gasteiger partial charge in [-0.2, -0.15) is 0 Å². The number of methoxy groups -OCH3 is 1. The van der Waals surface area contributed by atoms with Crippen LogP contribution in [0.25, 0.3) is 6.08 Å². The van der Waals surface area contributed by atoms with Crippen molar-refractivity contribution in [3.63, 3.8) is 0 Å². The number of phenols is 1. The van der Waals surface area contributed by atoms with Gasteiger partial charge in [0.25, 0.3) is 11.8 Å². The summed E-state index contributed by atoms with van der Waals surface area (Å²) in [7, 11) is 1.33. The standard InChI is InChI=1S/C18H12Cl2N2O5/c1-27-14-7-9(6-13(20)15(14)23)5-12-16(24)21-18(26)22(17(12)25)11-4-2-3-10(19)8-11/h2-8,23H,1H3,(H,21,24,26)/b12-5-. The van der Waals surface area contributed by atoms with Gasteiger partial charge in [0, 0.05) is 5.02 Å². The third-order valence-corrected chi connectivity index (χ3v) is 4.27. The van der Waals surface area contributed by atoms with E-state index in [-0.39, 0.29) is 27.8 Å². The minimum atomic E-state index is -0.884. The lowest BCUT2D eigenvalue weighted by Gasteiger charge is -2.26. The monoisotopic (exact) mass is 406 g/mol. The number of carbonyl (C=O) groups excluding carboxylic acids is 3. The zero-order valence-electron chi connectivity index (χ0n) is 13.8. The third kappa shape index (κ3) is 3.60. The number of hydrogen-bond acceptors (Lipinski definition) is 5. The largest absolute Gasteiger partial charge is 0.503 e. The lowest BCUT2D eigenvalue weighted by molar-refractivity contribution is -0.122. The fourth-order valence-electron chi connectivity index (χ4n) is 2.51. The van der Waals surface area contributed by atoms with Crippen molar-refractivity contribution in [2.75, 3.05) is 12.0 Å². The van der Waals surface area contributed by atoms with Crippen molar-refractivity contribution in [1.82, 2.24) is 5.32 Å². The molecule has 1 aliphatic rings. The molecule has 2 N–H and O–H groups in total. The summed E-state index contributed by atoms with van der Waals surface area (Å²) in [5, 5.41) is 12.2. The zero-order valence-corrected chi connectivity index (χ0v) is 15.3. The second kappa shape index (κ2) is 7.30. The Hall–Kier alpha value is -3.03. The second-order valence-corrected chi connectivity index (χ2v) is 6.33. The topological polar surface area (TPSA) is 95.9 Å². The molecule has 2 aromatic rings. The van der Waals surface area contributed by atoms with E-state index in [4.69, 9.17) is 27.9 Å². The van der Waals surface area contributed by atoms with Crippen LogP contribution < -0.4 is 15.0 Å². The highest BCUT2D eigenvalue weighted by atomic mass is 35.5. The van der Waals surface area contributed by atoms with E-state index < -0.39 is 17.8 Å². The third-order valence-electron chi connectivity index (χ3n) is 3.75. The fraction of sp³-hybridized carbons (Fsp3) is 0.0556. The number of aromatic hydroxyl groups is 1. The normalized spacial score (nSPS) is 15.9. The van der Waals surface area contributed by atoms with Gasteiger partial charge in [-0.15, -0.1) is 0 Å². The van der Waals surface area contributed by atoms with Crippen molar-refractivity contribution in [3.05, 3.63) is 57.6 Å². The van der Waals surface area contributed by atoms with Crippen LogP contribution in [-0.2, 0) is 9.59 Å². The number of urea groups is 1. The molecule has 9 heteroatoms. The molecule has 0 atom stereocenters. The van der Waals surface area contributed by atoms with E-state index in [1.807, 2.05) is 0 Å². The first-order valence-corrected chi connectivity index (χ1v) is 8.31. The van der Waals surface area contributed by atoms with E-state index in [0.717, 1.165) is 4.90 Å². The van der Waals surface area contributed by atoms with Gasteiger partial charge in [0.2, 0.25) is 0 Å². The number of phenolic OH excluding ortho intramolecular Hbond substituents is 1. The van der Waals surface area contributed by atoms with Crippen molar-refractivity contribution in [1.29, 1.82) is 0 Å². The SMILES string of the molecule is COc1cc(/C=C2/C(=O)NC(=O)N(c3cccc(Cl)c3)C2=O)cc(Cl)c1O. The number of rotatable bonds is 3. The van der Waals surface area contributed by atoms with Gasteiger partial charge in [-0.25, -0.2) is 9.69 Å². The summed E-state index contributed by atoms with van der Waals surface area (Å²) in [6, 6.07) is 7.96. The van der Waals surface area contributed by atoms with Crippen molar-refractivity contribution in [2.45, 2.75) is 0 Å². The van der Waals surface area contributed by atoms with E-state index in [0.29, 0.717) is 10.6 Å². The summed E-state index contributed by atoms with van der Waals surface area (Å²) in [5.41, 5.74) is 0.247. The summed E-state index contributed by atoms with van der Waals surface area (Å²) >= 11 is 11.8. The number of nitrogens with zero attached hydrogens (tertiary/aromatic N) is 1. The average molecular weight is 407 g/mol. The van der Waals surface area contributed by atoms with Gasteiger partial charge >= 0.3 is 6.03 Å². The summed E-state index contributed by atoms with van der Waals surface area (Å²) in [6.07, 6.45) is 1.25. The molecule has 1 heterocycles. The van der Waals surface area contributed by atoms with Gasteiger partial charge in [-0.1, -0.05) is 29.3 Å². The highest BCUT2D eigenvalue weighted by Gasteiger charge is 2.36. The number of carbonyl (C=O) groups is 3. The number of ether oxygens (including phenoxy) is 1. The lowest BCUT2D eigenvalue weighted by atomic mass is 10.1. The van der Waals surface area contributed by atoms with E-state index in [1.165, 1.54) is 37.5 Å². The lowest BCUT2D eigenvalue weighted by Crippen LogP contribution is -2.54. The minimum Gasteiger partial charge on any atom is -0.503 e. The molecule has 0 saturated carbocycles. The molecule has 138 valence electrons. The number of amides is 4. The molecule has 27 heavy (non-hydrogen) atoms. The quantitative estimate of drug-likeness (QED) is 0.601. The molecule has 1 aliphatic heterocycles. The first kappa shape index (κ1) is 18.8. The van der Waals surface area contributed by atoms with E-state index in [1.54, 1.807) is 12.1 Å². The number of imide groups is 2. The van der Waals surface area contributed by atoms with Crippen molar-refractivity contribution in [2.24, 2.45) is 0 Å². The number of nitrogens with one attached hydrogen (secondary N) is 1. The summed E-state index contributed by atoms with van der Waals surface area (Å²) in [4.78, 5) is 37.9. The van der Waals surface area contributed by atoms with E-state index >= 15 is 0 Å². The number of halogens is 2. The van der Waals surface area contributed by atoms with Crippen LogP contribution in [0, 0.1) is 0 Å². The van der Waals surface area contributed by atoms with Gasteiger partial charge in [-0.3, -0.25) is 14.9 Å². The van der Waals surface area contributed by atoms with Crippen LogP contribution in [0.4, 0.5) is 10.5 Å². The van der Waals surface area contributed by atoms with Crippen LogP contribution in [0.2, 0.25) is 10.0 Å². The molecule has 0 aromatic heterocycles. The highest BCUT2D eigenvalue weighted by molar-refractivity contribution is 6.39. The molecular formula is C18H12Cl2N2O5. The van der Waals surface area contributed by atoms with Crippen LogP contribution in [0.15, 0.2) is 42.0 Å². The molecule has 0 bridgehead atoms. The fourth-order valence-corrected chi connectivity index (χ4v) is 2.91. The van der Waals surface area contributed by atoms with E-state index in [2.05, 4.69) is 5.32 Å². The molecule has 0 spiro atoms. The van der Waals surface area contributed by atoms with Crippen molar-refractivity contribution >= 4 is 52.8 Å². The van der Waals surface area contributed by atoms with E-state index in [9.17, 15) is 19.5 Å². The maximum atomic E-state index is 12.8. The predicted molar refractivity (Wildman–Crippen MR) is 100 cm³/mol. The number of anilines is 1. The molecule has 0 unspecified atom stereocenters. The number of hydrogen-bond donors (Lipinski definition) is 2. The highest BCUT2D eigenvalue weighted by Crippen LogP contribution is 2.36. The first-order chi connectivity index (χ1) is 12.8. The Morgan fingerprint density at radius 3 is 2.56 bits per heavy atom. The van der Waals surface area contributed by atoms with Crippen LogP contribution >= 0.6 is 23.2 Å². The number of barbiturate groups is 1. The Bertz CT molecular complexity index is 1000. The summed E-state index contributed by atoms with van der Waals surface area (Å²) < 4.78 is 5.00. The van der Waals surface area contributed by atoms with Crippen molar-refractivity contribution < 1.29 is 24.2 Å². The first-order valence-electron chi connectivity index (χ1n) is 7.55. The Morgan fingerprint density at radius 2 is 1.89 bits per heavy atom. The van der Waals surface area contributed by atoms with Gasteiger partial charge in [-0.05, 0) is 42.0 Å². The predicted octanol–water partition coefficient (Wildman–Crippen LogP) is 3.37. The Kier molecular flexibility index (Phi) is 5.07. The summed E-state index contributed by atoms with van der Waals surface area (Å²) in [6.45, 7) is 0. The van der Waals surface area contributed by atoms with Crippen LogP contribution in [0.3, 0.4) is 0 Å². The average Bonchev–Trinajstić information content (AvgIpc) is 2.61. The van der Waals surface area contributed by atoms with Gasteiger partial charge < -0.3 is 9.84 Å². The van der Waals surface area contributed by atoms with Gasteiger partial charge in [0.1, 0.15) is 5.57 Å². The van der Waals surface area contributed by atoms with Crippen LogP contribution in [0.5, 0.6) is 11.5 Å². The molecule has 1 fully saturated rings. The molecule has 1 saturated heterocycles. The molecule has 2 aromatic carbocycles. The molecule has 0 radical (unpaired) electrons. The van der Waals surface area contributed by atoms with Gasteiger partial charge in [0.05, 0.1) is 17.8 Å². The maximum absolute atomic E-state index is 12.8. The molecule has 0 aliphatic carbocycles. The molecule has 4 amide bonds. The summed E-state index contributed by atoms with van der Waals surface area (Å²) in [5.74, 6) is -1.88. The Morgan fingerprint density at radius 1 is 1.15 bits per heavy atom. The molecule has 3 rings (SSSR count). The maximum Gasteiger partial charge on any atom is 0.335 e. The molecule has 7 nitrogen and oxygen atoms in total.